The number of nitrogens with one attached hydrogen (secondary N) is 1. The van der Waals surface area contributed by atoms with Crippen molar-refractivity contribution in [3.8, 4) is 11.6 Å². The van der Waals surface area contributed by atoms with E-state index in [1.54, 1.807) is 36.4 Å². The second-order valence-electron chi connectivity index (χ2n) is 7.09. The van der Waals surface area contributed by atoms with E-state index < -0.39 is 0 Å². The Kier molecular flexibility index (Phi) is 5.09. The summed E-state index contributed by atoms with van der Waals surface area (Å²) in [5, 5.41) is 3.77. The average Bonchev–Trinajstić information content (AvgIpc) is 2.96. The zero-order chi connectivity index (χ0) is 17.9. The van der Waals surface area contributed by atoms with Crippen molar-refractivity contribution in [2.45, 2.75) is 25.3 Å². The monoisotopic (exact) mass is 371 g/mol. The SMILES string of the molecule is O=C(NC1CC2CCN(CC2)C1)c1ccc(Oc2ccc(Cl)cn2)cc1. The molecule has 1 N–H and O–H groups in total. The molecule has 2 aromatic rings. The summed E-state index contributed by atoms with van der Waals surface area (Å²) in [4.78, 5) is 19.1. The summed E-state index contributed by atoms with van der Waals surface area (Å²) < 4.78 is 5.66. The van der Waals surface area contributed by atoms with E-state index in [4.69, 9.17) is 16.3 Å². The molecule has 1 atom stereocenters. The number of nitrogens with zero attached hydrogens (tertiary/aromatic N) is 2. The number of ether oxygens (including phenoxy) is 1. The van der Waals surface area contributed by atoms with Gasteiger partial charge >= 0.3 is 0 Å². The maximum atomic E-state index is 12.6. The van der Waals surface area contributed by atoms with E-state index in [1.807, 2.05) is 0 Å². The molecule has 4 heterocycles. The van der Waals surface area contributed by atoms with Gasteiger partial charge in [0.05, 0.1) is 5.02 Å². The summed E-state index contributed by atoms with van der Waals surface area (Å²) in [5.41, 5.74) is 0.646. The van der Waals surface area contributed by atoms with Gasteiger partial charge in [-0.3, -0.25) is 4.79 Å². The molecule has 26 heavy (non-hydrogen) atoms. The highest BCUT2D eigenvalue weighted by Gasteiger charge is 2.29. The quantitative estimate of drug-likeness (QED) is 0.889. The Bertz CT molecular complexity index is 742. The zero-order valence-corrected chi connectivity index (χ0v) is 15.3. The van der Waals surface area contributed by atoms with E-state index in [2.05, 4.69) is 15.2 Å². The molecular weight excluding hydrogens is 350 g/mol. The fraction of sp³-hybridized carbons (Fsp3) is 0.400. The van der Waals surface area contributed by atoms with Crippen LogP contribution in [0.4, 0.5) is 0 Å². The first-order valence-corrected chi connectivity index (χ1v) is 9.46. The lowest BCUT2D eigenvalue weighted by Crippen LogP contribution is -2.41. The molecule has 0 aliphatic carbocycles. The first kappa shape index (κ1) is 17.3. The van der Waals surface area contributed by atoms with Crippen LogP contribution in [0.5, 0.6) is 11.6 Å². The highest BCUT2D eigenvalue weighted by Crippen LogP contribution is 2.27. The van der Waals surface area contributed by atoms with Crippen LogP contribution in [-0.2, 0) is 0 Å². The minimum atomic E-state index is -0.0198. The second-order valence-corrected chi connectivity index (χ2v) is 7.53. The molecule has 5 rings (SSSR count). The number of rotatable bonds is 4. The third-order valence-corrected chi connectivity index (χ3v) is 5.40. The van der Waals surface area contributed by atoms with Crippen molar-refractivity contribution in [1.29, 1.82) is 0 Å². The number of carbonyl (C=O) groups excluding carboxylic acids is 1. The zero-order valence-electron chi connectivity index (χ0n) is 14.5. The molecule has 3 aliphatic rings. The lowest BCUT2D eigenvalue weighted by Gasteiger charge is -2.26. The van der Waals surface area contributed by atoms with Gasteiger partial charge in [-0.05, 0) is 68.6 Å². The van der Waals surface area contributed by atoms with Crippen molar-refractivity contribution in [1.82, 2.24) is 15.2 Å². The highest BCUT2D eigenvalue weighted by atomic mass is 35.5. The van der Waals surface area contributed by atoms with E-state index >= 15 is 0 Å². The third-order valence-electron chi connectivity index (χ3n) is 5.18. The largest absolute Gasteiger partial charge is 0.439 e. The number of piperidine rings is 1. The number of amides is 1. The van der Waals surface area contributed by atoms with E-state index in [0.717, 1.165) is 18.9 Å². The van der Waals surface area contributed by atoms with Crippen LogP contribution >= 0.6 is 11.6 Å². The Morgan fingerprint density at radius 1 is 1.15 bits per heavy atom. The fourth-order valence-corrected chi connectivity index (χ4v) is 3.90. The van der Waals surface area contributed by atoms with Gasteiger partial charge in [0.2, 0.25) is 5.88 Å². The first-order valence-electron chi connectivity index (χ1n) is 9.08. The van der Waals surface area contributed by atoms with Gasteiger partial charge in [0.1, 0.15) is 5.75 Å². The predicted octanol–water partition coefficient (Wildman–Crippen LogP) is 3.74. The number of halogens is 1. The molecule has 0 radical (unpaired) electrons. The van der Waals surface area contributed by atoms with Gasteiger partial charge in [-0.2, -0.15) is 0 Å². The van der Waals surface area contributed by atoms with Gasteiger partial charge in [-0.25, -0.2) is 4.98 Å². The fourth-order valence-electron chi connectivity index (χ4n) is 3.78. The molecule has 5 nitrogen and oxygen atoms in total. The normalized spacial score (nSPS) is 24.7. The summed E-state index contributed by atoms with van der Waals surface area (Å²) in [6.45, 7) is 3.30. The van der Waals surface area contributed by atoms with Crippen molar-refractivity contribution >= 4 is 17.5 Å². The number of hydrogen-bond donors (Lipinski definition) is 1. The third kappa shape index (κ3) is 4.17. The highest BCUT2D eigenvalue weighted by molar-refractivity contribution is 6.30. The second kappa shape index (κ2) is 7.64. The molecule has 0 spiro atoms. The lowest BCUT2D eigenvalue weighted by molar-refractivity contribution is 0.0929. The van der Waals surface area contributed by atoms with Gasteiger partial charge in [0, 0.05) is 30.4 Å². The van der Waals surface area contributed by atoms with Crippen LogP contribution in [0, 0.1) is 5.92 Å². The standard InChI is InChI=1S/C20H22ClN3O2/c21-16-3-6-19(22-12-16)26-18-4-1-15(2-5-18)20(25)23-17-11-14-7-9-24(13-17)10-8-14/h1-6,12,14,17H,7-11,13H2,(H,23,25). The molecule has 1 aromatic heterocycles. The number of pyridine rings is 1. The van der Waals surface area contributed by atoms with Crippen molar-refractivity contribution in [2.75, 3.05) is 19.6 Å². The van der Waals surface area contributed by atoms with Crippen LogP contribution in [0.1, 0.15) is 29.6 Å². The van der Waals surface area contributed by atoms with E-state index in [9.17, 15) is 4.79 Å². The number of aromatic nitrogens is 1. The van der Waals surface area contributed by atoms with Gasteiger partial charge in [-0.15, -0.1) is 0 Å². The van der Waals surface area contributed by atoms with Crippen LogP contribution in [0.25, 0.3) is 0 Å². The Morgan fingerprint density at radius 2 is 1.92 bits per heavy atom. The minimum Gasteiger partial charge on any atom is -0.439 e. The maximum absolute atomic E-state index is 12.6. The summed E-state index contributed by atoms with van der Waals surface area (Å²) in [5.74, 6) is 1.83. The minimum absolute atomic E-state index is 0.0198. The maximum Gasteiger partial charge on any atom is 0.251 e. The van der Waals surface area contributed by atoms with Crippen LogP contribution in [0.2, 0.25) is 5.02 Å². The summed E-state index contributed by atoms with van der Waals surface area (Å²) in [6.07, 6.45) is 5.15. The smallest absolute Gasteiger partial charge is 0.251 e. The summed E-state index contributed by atoms with van der Waals surface area (Å²) >= 11 is 5.82. The van der Waals surface area contributed by atoms with Crippen molar-refractivity contribution < 1.29 is 9.53 Å². The molecule has 6 heteroatoms. The van der Waals surface area contributed by atoms with Crippen LogP contribution in [-0.4, -0.2) is 41.5 Å². The number of carbonyl (C=O) groups is 1. The molecule has 2 bridgehead atoms. The Balaban J connectivity index is 1.37. The van der Waals surface area contributed by atoms with Crippen LogP contribution in [0.15, 0.2) is 42.6 Å². The number of hydrogen-bond acceptors (Lipinski definition) is 4. The van der Waals surface area contributed by atoms with Crippen LogP contribution < -0.4 is 10.1 Å². The van der Waals surface area contributed by atoms with Crippen LogP contribution in [0.3, 0.4) is 0 Å². The van der Waals surface area contributed by atoms with Gasteiger partial charge < -0.3 is 15.0 Å². The summed E-state index contributed by atoms with van der Waals surface area (Å²) in [7, 11) is 0. The molecule has 1 aromatic carbocycles. The molecule has 1 amide bonds. The van der Waals surface area contributed by atoms with E-state index in [1.165, 1.54) is 32.1 Å². The van der Waals surface area contributed by atoms with Crippen molar-refractivity contribution in [3.05, 3.63) is 53.2 Å². The Labute approximate surface area is 158 Å². The van der Waals surface area contributed by atoms with Crippen molar-refractivity contribution in [2.24, 2.45) is 5.92 Å². The molecule has 3 saturated heterocycles. The number of fused-ring (bicyclic) bond motifs is 4. The van der Waals surface area contributed by atoms with E-state index in [-0.39, 0.29) is 11.9 Å². The van der Waals surface area contributed by atoms with Gasteiger partial charge in [-0.1, -0.05) is 11.6 Å². The average molecular weight is 372 g/mol. The lowest BCUT2D eigenvalue weighted by atomic mass is 9.94. The Hall–Kier alpha value is -2.11. The van der Waals surface area contributed by atoms with Gasteiger partial charge in [0.25, 0.3) is 5.91 Å². The molecular formula is C20H22ClN3O2. The Morgan fingerprint density at radius 3 is 2.62 bits per heavy atom. The molecule has 1 unspecified atom stereocenters. The molecule has 136 valence electrons. The number of benzene rings is 1. The topological polar surface area (TPSA) is 54.5 Å². The van der Waals surface area contributed by atoms with Gasteiger partial charge in [0.15, 0.2) is 0 Å². The molecule has 3 fully saturated rings. The molecule has 3 aliphatic heterocycles. The molecule has 0 saturated carbocycles. The van der Waals surface area contributed by atoms with E-state index in [0.29, 0.717) is 22.2 Å². The first-order chi connectivity index (χ1) is 12.7. The van der Waals surface area contributed by atoms with Crippen molar-refractivity contribution in [3.63, 3.8) is 0 Å². The summed E-state index contributed by atoms with van der Waals surface area (Å²) in [6, 6.07) is 10.8. The predicted molar refractivity (Wildman–Crippen MR) is 101 cm³/mol.